The SMILES string of the molecule is C/C=C/C(=O)OC.CC(C)(C)OC(=O)n1ccc2ccccc21. The Kier molecular flexibility index (Phi) is 6.57. The summed E-state index contributed by atoms with van der Waals surface area (Å²) in [6, 6.07) is 9.62. The molecular formula is C18H23NO4. The minimum Gasteiger partial charge on any atom is -0.466 e. The van der Waals surface area contributed by atoms with Crippen molar-refractivity contribution in [3.8, 4) is 0 Å². The quantitative estimate of drug-likeness (QED) is 0.585. The van der Waals surface area contributed by atoms with Crippen molar-refractivity contribution in [3.05, 3.63) is 48.7 Å². The van der Waals surface area contributed by atoms with Crippen LogP contribution >= 0.6 is 0 Å². The van der Waals surface area contributed by atoms with Gasteiger partial charge in [-0.25, -0.2) is 9.59 Å². The van der Waals surface area contributed by atoms with E-state index in [0.29, 0.717) is 0 Å². The Morgan fingerprint density at radius 2 is 1.78 bits per heavy atom. The number of ether oxygens (including phenoxy) is 2. The van der Waals surface area contributed by atoms with Gasteiger partial charge in [0.05, 0.1) is 12.6 Å². The average molecular weight is 317 g/mol. The van der Waals surface area contributed by atoms with Crippen LogP contribution in [0.2, 0.25) is 0 Å². The third-order valence-corrected chi connectivity index (χ3v) is 2.69. The molecule has 0 bridgehead atoms. The van der Waals surface area contributed by atoms with Crippen LogP contribution in [0, 0.1) is 0 Å². The number of carbonyl (C=O) groups is 2. The second-order valence-corrected chi connectivity index (χ2v) is 5.75. The number of esters is 1. The maximum Gasteiger partial charge on any atom is 0.418 e. The summed E-state index contributed by atoms with van der Waals surface area (Å²) in [5, 5.41) is 1.04. The summed E-state index contributed by atoms with van der Waals surface area (Å²) in [5.74, 6) is -0.303. The number of rotatable bonds is 1. The van der Waals surface area contributed by atoms with Crippen LogP contribution in [0.15, 0.2) is 48.7 Å². The number of fused-ring (bicyclic) bond motifs is 1. The Morgan fingerprint density at radius 3 is 2.30 bits per heavy atom. The van der Waals surface area contributed by atoms with E-state index in [2.05, 4.69) is 4.74 Å². The topological polar surface area (TPSA) is 57.5 Å². The van der Waals surface area contributed by atoms with Crippen molar-refractivity contribution in [2.24, 2.45) is 0 Å². The third kappa shape index (κ3) is 5.98. The summed E-state index contributed by atoms with van der Waals surface area (Å²) < 4.78 is 11.1. The predicted octanol–water partition coefficient (Wildman–Crippen LogP) is 4.16. The fourth-order valence-corrected chi connectivity index (χ4v) is 1.76. The zero-order chi connectivity index (χ0) is 17.5. The van der Waals surface area contributed by atoms with Gasteiger partial charge >= 0.3 is 12.1 Å². The van der Waals surface area contributed by atoms with E-state index in [1.165, 1.54) is 17.8 Å². The highest BCUT2D eigenvalue weighted by molar-refractivity contribution is 5.89. The molecule has 1 aromatic heterocycles. The second kappa shape index (κ2) is 8.17. The zero-order valence-electron chi connectivity index (χ0n) is 14.2. The molecule has 0 radical (unpaired) electrons. The van der Waals surface area contributed by atoms with Gasteiger partial charge < -0.3 is 9.47 Å². The van der Waals surface area contributed by atoms with Crippen LogP contribution < -0.4 is 0 Å². The van der Waals surface area contributed by atoms with Crippen molar-refractivity contribution in [1.29, 1.82) is 0 Å². The molecule has 0 aliphatic rings. The molecule has 0 aliphatic carbocycles. The molecule has 5 heteroatoms. The predicted molar refractivity (Wildman–Crippen MR) is 90.4 cm³/mol. The molecule has 0 saturated carbocycles. The molecule has 124 valence electrons. The molecule has 5 nitrogen and oxygen atoms in total. The molecule has 2 rings (SSSR count). The number of hydrogen-bond donors (Lipinski definition) is 0. The van der Waals surface area contributed by atoms with Gasteiger partial charge in [0.25, 0.3) is 0 Å². The summed E-state index contributed by atoms with van der Waals surface area (Å²) >= 11 is 0. The molecule has 0 atom stereocenters. The maximum atomic E-state index is 11.9. The maximum absolute atomic E-state index is 11.9. The second-order valence-electron chi connectivity index (χ2n) is 5.75. The number of aromatic nitrogens is 1. The van der Waals surface area contributed by atoms with Crippen molar-refractivity contribution >= 4 is 23.0 Å². The molecule has 0 unspecified atom stereocenters. The van der Waals surface area contributed by atoms with Gasteiger partial charge in [-0.1, -0.05) is 24.3 Å². The van der Waals surface area contributed by atoms with Gasteiger partial charge in [0.1, 0.15) is 5.60 Å². The van der Waals surface area contributed by atoms with Crippen LogP contribution in [-0.2, 0) is 14.3 Å². The van der Waals surface area contributed by atoms with Crippen LogP contribution in [0.5, 0.6) is 0 Å². The summed E-state index contributed by atoms with van der Waals surface area (Å²) in [6.45, 7) is 7.33. The van der Waals surface area contributed by atoms with Crippen molar-refractivity contribution in [3.63, 3.8) is 0 Å². The van der Waals surface area contributed by atoms with Gasteiger partial charge in [-0.15, -0.1) is 0 Å². The van der Waals surface area contributed by atoms with Gasteiger partial charge in [-0.2, -0.15) is 0 Å². The fraction of sp³-hybridized carbons (Fsp3) is 0.333. The van der Waals surface area contributed by atoms with Crippen molar-refractivity contribution in [1.82, 2.24) is 4.57 Å². The van der Waals surface area contributed by atoms with Crippen LogP contribution in [0.25, 0.3) is 10.9 Å². The van der Waals surface area contributed by atoms with Crippen LogP contribution in [0.4, 0.5) is 4.79 Å². The minimum absolute atomic E-state index is 0.303. The van der Waals surface area contributed by atoms with Gasteiger partial charge in [0.2, 0.25) is 0 Å². The molecule has 2 aromatic rings. The smallest absolute Gasteiger partial charge is 0.418 e. The summed E-state index contributed by atoms with van der Waals surface area (Å²) in [7, 11) is 1.35. The lowest BCUT2D eigenvalue weighted by atomic mass is 10.2. The Morgan fingerprint density at radius 1 is 1.13 bits per heavy atom. The molecule has 1 heterocycles. The van der Waals surface area contributed by atoms with Crippen molar-refractivity contribution in [2.45, 2.75) is 33.3 Å². The number of para-hydroxylation sites is 1. The molecule has 1 aromatic carbocycles. The first-order chi connectivity index (χ1) is 10.8. The monoisotopic (exact) mass is 317 g/mol. The normalized spacial score (nSPS) is 11.0. The van der Waals surface area contributed by atoms with Crippen molar-refractivity contribution < 1.29 is 19.1 Å². The van der Waals surface area contributed by atoms with Crippen LogP contribution in [-0.4, -0.2) is 29.3 Å². The Labute approximate surface area is 136 Å². The Hall–Kier alpha value is -2.56. The lowest BCUT2D eigenvalue weighted by Gasteiger charge is -2.19. The van der Waals surface area contributed by atoms with E-state index < -0.39 is 5.60 Å². The molecule has 0 fully saturated rings. The van der Waals surface area contributed by atoms with E-state index in [9.17, 15) is 9.59 Å². The Balaban J connectivity index is 0.000000322. The largest absolute Gasteiger partial charge is 0.466 e. The van der Waals surface area contributed by atoms with Crippen LogP contribution in [0.1, 0.15) is 27.7 Å². The average Bonchev–Trinajstić information content (AvgIpc) is 2.90. The highest BCUT2D eigenvalue weighted by Crippen LogP contribution is 2.17. The van der Waals surface area contributed by atoms with E-state index in [1.54, 1.807) is 19.2 Å². The molecule has 0 saturated heterocycles. The lowest BCUT2D eigenvalue weighted by Crippen LogP contribution is -2.26. The number of hydrogen-bond acceptors (Lipinski definition) is 4. The zero-order valence-corrected chi connectivity index (χ0v) is 14.2. The summed E-state index contributed by atoms with van der Waals surface area (Å²) in [5.41, 5.74) is 0.402. The first-order valence-corrected chi connectivity index (χ1v) is 7.28. The highest BCUT2D eigenvalue weighted by Gasteiger charge is 2.18. The van der Waals surface area contributed by atoms with Crippen LogP contribution in [0.3, 0.4) is 0 Å². The molecule has 23 heavy (non-hydrogen) atoms. The van der Waals surface area contributed by atoms with Crippen molar-refractivity contribution in [2.75, 3.05) is 7.11 Å². The number of nitrogens with zero attached hydrogens (tertiary/aromatic N) is 1. The first kappa shape index (κ1) is 18.5. The lowest BCUT2D eigenvalue weighted by molar-refractivity contribution is -0.134. The molecule has 0 aliphatic heterocycles. The summed E-state index contributed by atoms with van der Waals surface area (Å²) in [4.78, 5) is 22.0. The standard InChI is InChI=1S/C13H15NO2.C5H8O2/c1-13(2,3)16-12(15)14-9-8-10-6-4-5-7-11(10)14;1-3-4-5(6)7-2/h4-9H,1-3H3;3-4H,1-2H3/b;4-3+. The van der Waals surface area contributed by atoms with Gasteiger partial charge in [0, 0.05) is 17.7 Å². The van der Waals surface area contributed by atoms with Gasteiger partial charge in [-0.3, -0.25) is 4.57 Å². The minimum atomic E-state index is -0.470. The van der Waals surface area contributed by atoms with E-state index in [-0.39, 0.29) is 12.1 Å². The fourth-order valence-electron chi connectivity index (χ4n) is 1.76. The Bertz CT molecular complexity index is 692. The van der Waals surface area contributed by atoms with E-state index in [0.717, 1.165) is 10.9 Å². The molecule has 0 N–H and O–H groups in total. The number of benzene rings is 1. The van der Waals surface area contributed by atoms with E-state index in [1.807, 2.05) is 51.1 Å². The number of carbonyl (C=O) groups excluding carboxylic acids is 2. The molecule has 0 amide bonds. The molecular weight excluding hydrogens is 294 g/mol. The van der Waals surface area contributed by atoms with Gasteiger partial charge in [-0.05, 0) is 39.8 Å². The number of methoxy groups -OCH3 is 1. The highest BCUT2D eigenvalue weighted by atomic mass is 16.6. The van der Waals surface area contributed by atoms with Gasteiger partial charge in [0.15, 0.2) is 0 Å². The molecule has 0 spiro atoms. The van der Waals surface area contributed by atoms with E-state index >= 15 is 0 Å². The van der Waals surface area contributed by atoms with E-state index in [4.69, 9.17) is 4.74 Å². The summed E-state index contributed by atoms with van der Waals surface area (Å²) in [6.07, 6.45) is 4.39. The third-order valence-electron chi connectivity index (χ3n) is 2.69. The first-order valence-electron chi connectivity index (χ1n) is 7.28. The number of allylic oxidation sites excluding steroid dienone is 1.